The van der Waals surface area contributed by atoms with Crippen LogP contribution < -0.4 is 5.73 Å². The second-order valence-corrected chi connectivity index (χ2v) is 5.79. The van der Waals surface area contributed by atoms with Crippen molar-refractivity contribution < 1.29 is 0 Å². The molecule has 3 aromatic rings. The standard InChI is InChI=1S/C14H11BrClN5/c1-8-10(3-2-4-13(8)17)14-18-19-20-21(14)9-5-6-12(16)11(15)7-9/h2-7H,17H2,1H3. The first-order chi connectivity index (χ1) is 10.1. The Kier molecular flexibility index (Phi) is 3.65. The first-order valence-electron chi connectivity index (χ1n) is 6.17. The van der Waals surface area contributed by atoms with Crippen molar-refractivity contribution in [3.05, 3.63) is 51.5 Å². The third kappa shape index (κ3) is 2.52. The topological polar surface area (TPSA) is 69.6 Å². The van der Waals surface area contributed by atoms with Crippen molar-refractivity contribution in [1.82, 2.24) is 20.2 Å². The predicted molar refractivity (Wildman–Crippen MR) is 86.4 cm³/mol. The summed E-state index contributed by atoms with van der Waals surface area (Å²) in [4.78, 5) is 0. The van der Waals surface area contributed by atoms with Gasteiger partial charge in [-0.05, 0) is 63.1 Å². The van der Waals surface area contributed by atoms with Gasteiger partial charge in [-0.3, -0.25) is 0 Å². The Morgan fingerprint density at radius 3 is 2.81 bits per heavy atom. The molecular formula is C14H11BrClN5. The average molecular weight is 365 g/mol. The summed E-state index contributed by atoms with van der Waals surface area (Å²) < 4.78 is 2.44. The van der Waals surface area contributed by atoms with Crippen molar-refractivity contribution in [2.45, 2.75) is 6.92 Å². The number of rotatable bonds is 2. The monoisotopic (exact) mass is 363 g/mol. The Labute approximate surface area is 134 Å². The molecule has 2 aromatic carbocycles. The summed E-state index contributed by atoms with van der Waals surface area (Å²) in [6, 6.07) is 11.2. The zero-order chi connectivity index (χ0) is 15.0. The van der Waals surface area contributed by atoms with E-state index in [1.54, 1.807) is 10.7 Å². The fourth-order valence-corrected chi connectivity index (χ4v) is 2.53. The molecule has 21 heavy (non-hydrogen) atoms. The van der Waals surface area contributed by atoms with Crippen LogP contribution in [0.4, 0.5) is 5.69 Å². The molecule has 106 valence electrons. The SMILES string of the molecule is Cc1c(N)cccc1-c1nnnn1-c1ccc(Cl)c(Br)c1. The number of tetrazole rings is 1. The fourth-order valence-electron chi connectivity index (χ4n) is 2.04. The van der Waals surface area contributed by atoms with Crippen molar-refractivity contribution in [2.24, 2.45) is 0 Å². The molecule has 1 heterocycles. The minimum absolute atomic E-state index is 0.633. The number of aromatic nitrogens is 4. The fraction of sp³-hybridized carbons (Fsp3) is 0.0714. The summed E-state index contributed by atoms with van der Waals surface area (Å²) in [6.45, 7) is 1.95. The van der Waals surface area contributed by atoms with Crippen LogP contribution in [-0.2, 0) is 0 Å². The zero-order valence-electron chi connectivity index (χ0n) is 11.1. The van der Waals surface area contributed by atoms with Crippen LogP contribution in [0.3, 0.4) is 0 Å². The highest BCUT2D eigenvalue weighted by Crippen LogP contribution is 2.29. The maximum Gasteiger partial charge on any atom is 0.187 e. The molecule has 0 aliphatic heterocycles. The second-order valence-electron chi connectivity index (χ2n) is 4.53. The lowest BCUT2D eigenvalue weighted by molar-refractivity contribution is 0.791. The summed E-state index contributed by atoms with van der Waals surface area (Å²) >= 11 is 9.43. The van der Waals surface area contributed by atoms with Gasteiger partial charge in [0.1, 0.15) is 0 Å². The van der Waals surface area contributed by atoms with E-state index in [0.717, 1.165) is 21.3 Å². The van der Waals surface area contributed by atoms with Crippen molar-refractivity contribution >= 4 is 33.2 Å². The lowest BCUT2D eigenvalue weighted by Crippen LogP contribution is -2.02. The molecule has 0 saturated carbocycles. The summed E-state index contributed by atoms with van der Waals surface area (Å²) in [6.07, 6.45) is 0. The molecule has 0 aliphatic rings. The third-order valence-electron chi connectivity index (χ3n) is 3.23. The molecule has 0 fully saturated rings. The summed E-state index contributed by atoms with van der Waals surface area (Å²) in [5, 5.41) is 12.6. The predicted octanol–water partition coefficient (Wildman–Crippen LogP) is 3.64. The Morgan fingerprint density at radius 1 is 1.24 bits per heavy atom. The van der Waals surface area contributed by atoms with E-state index in [9.17, 15) is 0 Å². The van der Waals surface area contributed by atoms with Crippen LogP contribution in [0.1, 0.15) is 5.56 Å². The Bertz CT molecular complexity index is 815. The Morgan fingerprint density at radius 2 is 2.05 bits per heavy atom. The van der Waals surface area contributed by atoms with Crippen LogP contribution in [-0.4, -0.2) is 20.2 Å². The van der Waals surface area contributed by atoms with Gasteiger partial charge >= 0.3 is 0 Å². The molecule has 0 saturated heterocycles. The van der Waals surface area contributed by atoms with Crippen LogP contribution in [0, 0.1) is 6.92 Å². The molecule has 5 nitrogen and oxygen atoms in total. The van der Waals surface area contributed by atoms with E-state index < -0.39 is 0 Å². The number of halogens is 2. The highest BCUT2D eigenvalue weighted by molar-refractivity contribution is 9.10. The highest BCUT2D eigenvalue weighted by atomic mass is 79.9. The van der Waals surface area contributed by atoms with Crippen LogP contribution in [0.15, 0.2) is 40.9 Å². The number of anilines is 1. The number of hydrogen-bond donors (Lipinski definition) is 1. The molecule has 7 heteroatoms. The molecule has 0 amide bonds. The van der Waals surface area contributed by atoms with Crippen LogP contribution >= 0.6 is 27.5 Å². The maximum atomic E-state index is 6.02. The van der Waals surface area contributed by atoms with Crippen LogP contribution in [0.2, 0.25) is 5.02 Å². The average Bonchev–Trinajstić information content (AvgIpc) is 2.94. The van der Waals surface area contributed by atoms with E-state index in [4.69, 9.17) is 17.3 Å². The van der Waals surface area contributed by atoms with Crippen molar-refractivity contribution in [2.75, 3.05) is 5.73 Å². The summed E-state index contributed by atoms with van der Waals surface area (Å²) in [5.41, 5.74) is 9.32. The van der Waals surface area contributed by atoms with E-state index in [0.29, 0.717) is 16.5 Å². The van der Waals surface area contributed by atoms with Crippen molar-refractivity contribution in [3.63, 3.8) is 0 Å². The van der Waals surface area contributed by atoms with Gasteiger partial charge in [-0.25, -0.2) is 0 Å². The van der Waals surface area contributed by atoms with E-state index >= 15 is 0 Å². The van der Waals surface area contributed by atoms with Gasteiger partial charge in [0.25, 0.3) is 0 Å². The lowest BCUT2D eigenvalue weighted by atomic mass is 10.1. The molecule has 3 rings (SSSR count). The van der Waals surface area contributed by atoms with Gasteiger partial charge in [-0.2, -0.15) is 4.68 Å². The van der Waals surface area contributed by atoms with Crippen LogP contribution in [0.5, 0.6) is 0 Å². The lowest BCUT2D eigenvalue weighted by Gasteiger charge is -2.09. The largest absolute Gasteiger partial charge is 0.398 e. The quantitative estimate of drug-likeness (QED) is 0.705. The minimum Gasteiger partial charge on any atom is -0.398 e. The number of hydrogen-bond acceptors (Lipinski definition) is 4. The first-order valence-corrected chi connectivity index (χ1v) is 7.34. The number of nitrogen functional groups attached to an aromatic ring is 1. The first kappa shape index (κ1) is 14.0. The van der Waals surface area contributed by atoms with Gasteiger partial charge in [0.05, 0.1) is 10.7 Å². The summed E-state index contributed by atoms with van der Waals surface area (Å²) in [7, 11) is 0. The molecule has 2 N–H and O–H groups in total. The van der Waals surface area contributed by atoms with Gasteiger partial charge in [-0.15, -0.1) is 5.10 Å². The van der Waals surface area contributed by atoms with Gasteiger partial charge in [0, 0.05) is 15.7 Å². The molecule has 0 bridgehead atoms. The normalized spacial score (nSPS) is 10.8. The Hall–Kier alpha value is -1.92. The molecule has 0 unspecified atom stereocenters. The van der Waals surface area contributed by atoms with Gasteiger partial charge in [0.2, 0.25) is 0 Å². The smallest absolute Gasteiger partial charge is 0.187 e. The van der Waals surface area contributed by atoms with E-state index in [1.165, 1.54) is 0 Å². The molecule has 0 atom stereocenters. The number of nitrogens with two attached hydrogens (primary N) is 1. The van der Waals surface area contributed by atoms with Gasteiger partial charge in [0.15, 0.2) is 5.82 Å². The molecule has 0 aliphatic carbocycles. The summed E-state index contributed by atoms with van der Waals surface area (Å²) in [5.74, 6) is 0.633. The third-order valence-corrected chi connectivity index (χ3v) is 4.45. The second kappa shape index (κ2) is 5.46. The molecular weight excluding hydrogens is 354 g/mol. The van der Waals surface area contributed by atoms with Gasteiger partial charge in [-0.1, -0.05) is 23.7 Å². The molecule has 1 aromatic heterocycles. The van der Waals surface area contributed by atoms with Gasteiger partial charge < -0.3 is 5.73 Å². The highest BCUT2D eigenvalue weighted by Gasteiger charge is 2.14. The molecule has 0 spiro atoms. The van der Waals surface area contributed by atoms with E-state index in [-0.39, 0.29) is 0 Å². The van der Waals surface area contributed by atoms with E-state index in [1.807, 2.05) is 37.3 Å². The number of benzene rings is 2. The minimum atomic E-state index is 0.633. The zero-order valence-corrected chi connectivity index (χ0v) is 13.4. The van der Waals surface area contributed by atoms with Crippen LogP contribution in [0.25, 0.3) is 17.1 Å². The molecule has 0 radical (unpaired) electrons. The number of nitrogens with zero attached hydrogens (tertiary/aromatic N) is 4. The van der Waals surface area contributed by atoms with Crippen molar-refractivity contribution in [1.29, 1.82) is 0 Å². The van der Waals surface area contributed by atoms with Crippen molar-refractivity contribution in [3.8, 4) is 17.1 Å². The van der Waals surface area contributed by atoms with E-state index in [2.05, 4.69) is 31.5 Å². The Balaban J connectivity index is 2.17. The maximum absolute atomic E-state index is 6.02.